The molecule has 2 aromatic carbocycles. The minimum Gasteiger partial charge on any atom is -0.481 e. The number of anilines is 2. The van der Waals surface area contributed by atoms with Crippen LogP contribution in [0, 0.1) is 0 Å². The fourth-order valence-corrected chi connectivity index (χ4v) is 4.05. The molecule has 0 atom stereocenters. The molecule has 2 amide bonds. The van der Waals surface area contributed by atoms with E-state index in [1.54, 1.807) is 47.4 Å². The molecular weight excluding hydrogens is 453 g/mol. The molecule has 1 fully saturated rings. The second-order valence-electron chi connectivity index (χ2n) is 7.46. The van der Waals surface area contributed by atoms with E-state index in [2.05, 4.69) is 10.2 Å². The molecule has 1 N–H and O–H groups in total. The largest absolute Gasteiger partial charge is 0.481 e. The number of amides is 2. The Kier molecular flexibility index (Phi) is 7.32. The summed E-state index contributed by atoms with van der Waals surface area (Å²) in [5.41, 5.74) is 1.97. The lowest BCUT2D eigenvalue weighted by Gasteiger charge is -2.33. The number of nitrogens with zero attached hydrogens (tertiary/aromatic N) is 2. The van der Waals surface area contributed by atoms with Gasteiger partial charge in [-0.25, -0.2) is 0 Å². The third-order valence-corrected chi connectivity index (χ3v) is 5.85. The third kappa shape index (κ3) is 5.61. The summed E-state index contributed by atoms with van der Waals surface area (Å²) < 4.78 is 11.0. The van der Waals surface area contributed by atoms with Crippen molar-refractivity contribution in [3.05, 3.63) is 58.1 Å². The molecule has 9 heteroatoms. The smallest absolute Gasteiger partial charge is 0.265 e. The van der Waals surface area contributed by atoms with Crippen LogP contribution >= 0.6 is 23.2 Å². The lowest BCUT2D eigenvalue weighted by Crippen LogP contribution is -2.45. The quantitative estimate of drug-likeness (QED) is 0.644. The van der Waals surface area contributed by atoms with Gasteiger partial charge in [0.25, 0.3) is 5.91 Å². The molecule has 7 nitrogen and oxygen atoms in total. The number of hydrogen-bond donors (Lipinski definition) is 1. The molecule has 0 aromatic heterocycles. The number of carbonyl (C=O) groups is 2. The Morgan fingerprint density at radius 2 is 1.91 bits per heavy atom. The summed E-state index contributed by atoms with van der Waals surface area (Å²) in [4.78, 5) is 28.8. The molecule has 0 bridgehead atoms. The van der Waals surface area contributed by atoms with Crippen molar-refractivity contribution in [2.75, 3.05) is 56.2 Å². The van der Waals surface area contributed by atoms with Crippen LogP contribution in [0.15, 0.2) is 42.5 Å². The van der Waals surface area contributed by atoms with Gasteiger partial charge < -0.3 is 19.7 Å². The lowest BCUT2D eigenvalue weighted by molar-refractivity contribution is -0.121. The van der Waals surface area contributed by atoms with Crippen LogP contribution in [-0.4, -0.2) is 62.7 Å². The van der Waals surface area contributed by atoms with Gasteiger partial charge in [0, 0.05) is 54.1 Å². The molecular formula is C23H23Cl2N3O4. The Hall–Kier alpha value is -2.58. The van der Waals surface area contributed by atoms with Gasteiger partial charge in [0.15, 0.2) is 6.61 Å². The zero-order chi connectivity index (χ0) is 22.5. The van der Waals surface area contributed by atoms with Gasteiger partial charge in [0.2, 0.25) is 5.91 Å². The van der Waals surface area contributed by atoms with E-state index < -0.39 is 0 Å². The molecule has 1 saturated heterocycles. The van der Waals surface area contributed by atoms with Crippen LogP contribution in [0.3, 0.4) is 0 Å². The van der Waals surface area contributed by atoms with Gasteiger partial charge in [-0.15, -0.1) is 0 Å². The maximum Gasteiger partial charge on any atom is 0.265 e. The minimum atomic E-state index is -0.313. The number of halogens is 2. The Labute approximate surface area is 196 Å². The summed E-state index contributed by atoms with van der Waals surface area (Å²) in [7, 11) is 0. The van der Waals surface area contributed by atoms with Crippen LogP contribution < -0.4 is 15.0 Å². The first-order chi connectivity index (χ1) is 15.5. The number of carbonyl (C=O) groups excluding carboxylic acids is 2. The van der Waals surface area contributed by atoms with Crippen molar-refractivity contribution in [1.82, 2.24) is 4.90 Å². The van der Waals surface area contributed by atoms with E-state index in [9.17, 15) is 9.59 Å². The number of nitrogens with one attached hydrogen (secondary N) is 1. The predicted molar refractivity (Wildman–Crippen MR) is 126 cm³/mol. The number of fused-ring (bicyclic) bond motifs is 1. The summed E-state index contributed by atoms with van der Waals surface area (Å²) in [6.07, 6.45) is 3.02. The molecule has 2 heterocycles. The molecule has 2 aromatic rings. The fraction of sp³-hybridized carbons (Fsp3) is 0.304. The predicted octanol–water partition coefficient (Wildman–Crippen LogP) is 3.70. The molecule has 2 aliphatic rings. The van der Waals surface area contributed by atoms with Gasteiger partial charge in [-0.1, -0.05) is 29.3 Å². The fourth-order valence-electron chi connectivity index (χ4n) is 3.58. The molecule has 0 unspecified atom stereocenters. The van der Waals surface area contributed by atoms with Crippen LogP contribution in [-0.2, 0) is 14.3 Å². The summed E-state index contributed by atoms with van der Waals surface area (Å²) in [6, 6.07) is 10.3. The van der Waals surface area contributed by atoms with Gasteiger partial charge >= 0.3 is 0 Å². The topological polar surface area (TPSA) is 71.1 Å². The Morgan fingerprint density at radius 1 is 1.09 bits per heavy atom. The molecule has 0 radical (unpaired) electrons. The summed E-state index contributed by atoms with van der Waals surface area (Å²) in [5, 5.41) is 3.80. The van der Waals surface area contributed by atoms with Crippen LogP contribution in [0.25, 0.3) is 6.08 Å². The average Bonchev–Trinajstić information content (AvgIpc) is 2.78. The molecule has 0 saturated carbocycles. The molecule has 0 spiro atoms. The highest BCUT2D eigenvalue weighted by atomic mass is 35.5. The maximum atomic E-state index is 12.4. The molecule has 2 aliphatic heterocycles. The second-order valence-corrected chi connectivity index (χ2v) is 8.30. The van der Waals surface area contributed by atoms with Crippen molar-refractivity contribution in [3.63, 3.8) is 0 Å². The first-order valence-electron chi connectivity index (χ1n) is 10.3. The number of morpholine rings is 1. The van der Waals surface area contributed by atoms with Crippen molar-refractivity contribution in [2.24, 2.45) is 0 Å². The monoisotopic (exact) mass is 475 g/mol. The van der Waals surface area contributed by atoms with Crippen LogP contribution in [0.1, 0.15) is 5.56 Å². The molecule has 4 rings (SSSR count). The Morgan fingerprint density at radius 3 is 2.69 bits per heavy atom. The number of ether oxygens (including phenoxy) is 2. The first-order valence-corrected chi connectivity index (χ1v) is 11.1. The molecule has 32 heavy (non-hydrogen) atoms. The highest BCUT2D eigenvalue weighted by molar-refractivity contribution is 6.35. The second kappa shape index (κ2) is 10.4. The van der Waals surface area contributed by atoms with E-state index in [0.717, 1.165) is 32.8 Å². The minimum absolute atomic E-state index is 0.0253. The first kappa shape index (κ1) is 22.6. The lowest BCUT2D eigenvalue weighted by atomic mass is 10.2. The summed E-state index contributed by atoms with van der Waals surface area (Å²) in [6.45, 7) is 4.49. The SMILES string of the molecule is O=C(/C=C/c1ccc(Cl)cc1Cl)Nc1ccc2c(c1)OCC(=O)N2CCN1CCOCC1. The van der Waals surface area contributed by atoms with E-state index >= 15 is 0 Å². The van der Waals surface area contributed by atoms with Gasteiger partial charge in [-0.3, -0.25) is 14.5 Å². The highest BCUT2D eigenvalue weighted by Gasteiger charge is 2.26. The summed E-state index contributed by atoms with van der Waals surface area (Å²) >= 11 is 12.0. The van der Waals surface area contributed by atoms with Crippen molar-refractivity contribution in [3.8, 4) is 5.75 Å². The van der Waals surface area contributed by atoms with Crippen molar-refractivity contribution in [1.29, 1.82) is 0 Å². The third-order valence-electron chi connectivity index (χ3n) is 5.29. The van der Waals surface area contributed by atoms with E-state index in [0.29, 0.717) is 39.3 Å². The Balaban J connectivity index is 1.40. The number of benzene rings is 2. The van der Waals surface area contributed by atoms with Crippen LogP contribution in [0.2, 0.25) is 10.0 Å². The highest BCUT2D eigenvalue weighted by Crippen LogP contribution is 2.34. The Bertz CT molecular complexity index is 1040. The van der Waals surface area contributed by atoms with Crippen molar-refractivity contribution >= 4 is 52.5 Å². The average molecular weight is 476 g/mol. The molecule has 168 valence electrons. The van der Waals surface area contributed by atoms with Gasteiger partial charge in [0.1, 0.15) is 5.75 Å². The summed E-state index contributed by atoms with van der Waals surface area (Å²) in [5.74, 6) is 0.173. The van der Waals surface area contributed by atoms with E-state index in [4.69, 9.17) is 32.7 Å². The van der Waals surface area contributed by atoms with Crippen LogP contribution in [0.4, 0.5) is 11.4 Å². The number of rotatable bonds is 6. The zero-order valence-electron chi connectivity index (χ0n) is 17.4. The molecule has 0 aliphatic carbocycles. The van der Waals surface area contributed by atoms with Crippen LogP contribution in [0.5, 0.6) is 5.75 Å². The van der Waals surface area contributed by atoms with Gasteiger partial charge in [0.05, 0.1) is 18.9 Å². The normalized spacial score (nSPS) is 16.7. The van der Waals surface area contributed by atoms with Crippen molar-refractivity contribution < 1.29 is 19.1 Å². The van der Waals surface area contributed by atoms with Gasteiger partial charge in [-0.2, -0.15) is 0 Å². The zero-order valence-corrected chi connectivity index (χ0v) is 18.9. The van der Waals surface area contributed by atoms with Crippen molar-refractivity contribution in [2.45, 2.75) is 0 Å². The number of hydrogen-bond acceptors (Lipinski definition) is 5. The van der Waals surface area contributed by atoms with Gasteiger partial charge in [-0.05, 0) is 35.9 Å². The van der Waals surface area contributed by atoms with E-state index in [-0.39, 0.29) is 18.4 Å². The standard InChI is InChI=1S/C23H23Cl2N3O4/c24-17-3-1-16(19(25)13-17)2-6-22(29)26-18-4-5-20-21(14-18)32-15-23(30)28(20)8-7-27-9-11-31-12-10-27/h1-6,13-14H,7-12,15H2,(H,26,29)/b6-2+. The van der Waals surface area contributed by atoms with E-state index in [1.807, 2.05) is 0 Å². The van der Waals surface area contributed by atoms with E-state index in [1.165, 1.54) is 6.08 Å². The maximum absolute atomic E-state index is 12.4.